The van der Waals surface area contributed by atoms with Crippen molar-refractivity contribution in [2.24, 2.45) is 0 Å². The predicted octanol–water partition coefficient (Wildman–Crippen LogP) is 1.18. The maximum atomic E-state index is 11.7. The van der Waals surface area contributed by atoms with Crippen LogP contribution >= 0.6 is 7.77 Å². The number of rotatable bonds is 6. The molecule has 0 aromatic heterocycles. The summed E-state index contributed by atoms with van der Waals surface area (Å²) >= 11 is 0. The topological polar surface area (TPSA) is 52.2 Å². The van der Waals surface area contributed by atoms with E-state index in [0.29, 0.717) is 12.2 Å². The Morgan fingerprint density at radius 1 is 1.80 bits per heavy atom. The molecule has 0 aromatic rings. The third-order valence-corrected chi connectivity index (χ3v) is 4.73. The van der Waals surface area contributed by atoms with Crippen LogP contribution < -0.4 is 10.2 Å². The lowest BCUT2D eigenvalue weighted by Crippen LogP contribution is -2.36. The van der Waals surface area contributed by atoms with Gasteiger partial charge in [-0.25, -0.2) is 0 Å². The molecule has 0 saturated carbocycles. The molecule has 1 heterocycles. The molecule has 3 nitrogen and oxygen atoms in total. The van der Waals surface area contributed by atoms with Gasteiger partial charge in [0.15, 0.2) is 0 Å². The van der Waals surface area contributed by atoms with E-state index in [1.807, 2.05) is 0 Å². The van der Waals surface area contributed by atoms with Gasteiger partial charge in [-0.05, 0) is 18.9 Å². The van der Waals surface area contributed by atoms with E-state index < -0.39 is 7.77 Å². The zero-order valence-electron chi connectivity index (χ0n) is 9.16. The molecule has 1 rings (SSSR count). The number of nitrogens with one attached hydrogen (secondary N) is 1. The van der Waals surface area contributed by atoms with Crippen molar-refractivity contribution in [2.75, 3.05) is 6.54 Å². The first kappa shape index (κ1) is 12.4. The second kappa shape index (κ2) is 6.04. The Bertz CT molecular complexity index is 286. The first-order chi connectivity index (χ1) is 7.19. The minimum absolute atomic E-state index is 0.192. The molecular formula is C11H18NO2P. The van der Waals surface area contributed by atoms with Crippen molar-refractivity contribution < 1.29 is 9.69 Å². The monoisotopic (exact) mass is 227 g/mol. The summed E-state index contributed by atoms with van der Waals surface area (Å²) in [7, 11) is -1.17. The minimum Gasteiger partial charge on any atom is -0.630 e. The molecule has 2 unspecified atom stereocenters. The third-order valence-electron chi connectivity index (χ3n) is 2.66. The van der Waals surface area contributed by atoms with Crippen LogP contribution in [0, 0.1) is 0 Å². The largest absolute Gasteiger partial charge is 0.630 e. The summed E-state index contributed by atoms with van der Waals surface area (Å²) in [5.41, 5.74) is 0.371. The van der Waals surface area contributed by atoms with Gasteiger partial charge in [0, 0.05) is 0 Å². The lowest BCUT2D eigenvalue weighted by atomic mass is 10.1. The van der Waals surface area contributed by atoms with Crippen molar-refractivity contribution in [3.63, 3.8) is 0 Å². The second-order valence-electron chi connectivity index (χ2n) is 3.81. The van der Waals surface area contributed by atoms with E-state index >= 15 is 0 Å². The molecule has 0 aromatic carbocycles. The van der Waals surface area contributed by atoms with E-state index in [1.165, 1.54) is 6.08 Å². The highest BCUT2D eigenvalue weighted by Gasteiger charge is 2.33. The van der Waals surface area contributed by atoms with Crippen LogP contribution in [0.5, 0.6) is 0 Å². The molecule has 0 spiro atoms. The number of unbranched alkanes of at least 4 members (excludes halogenated alkanes) is 1. The van der Waals surface area contributed by atoms with Crippen molar-refractivity contribution in [3.05, 3.63) is 12.7 Å². The molecule has 0 saturated heterocycles. The lowest BCUT2D eigenvalue weighted by molar-refractivity contribution is -0.156. The Labute approximate surface area is 92.0 Å². The molecule has 1 amide bonds. The molecule has 0 aliphatic carbocycles. The minimum atomic E-state index is -1.17. The van der Waals surface area contributed by atoms with Crippen LogP contribution in [0.3, 0.4) is 0 Å². The Balaban J connectivity index is 2.30. The Morgan fingerprint density at radius 2 is 2.53 bits per heavy atom. The van der Waals surface area contributed by atoms with Crippen LogP contribution in [0.2, 0.25) is 0 Å². The van der Waals surface area contributed by atoms with Gasteiger partial charge in [-0.15, -0.1) is 0 Å². The van der Waals surface area contributed by atoms with E-state index in [4.69, 9.17) is 0 Å². The molecule has 84 valence electrons. The fourth-order valence-corrected chi connectivity index (χ4v) is 3.29. The molecule has 1 N–H and O–H groups in total. The van der Waals surface area contributed by atoms with E-state index in [1.54, 1.807) is 0 Å². The van der Waals surface area contributed by atoms with Crippen LogP contribution in [0.4, 0.5) is 0 Å². The molecule has 4 heteroatoms. The Hall–Kier alpha value is -0.660. The first-order valence-corrected chi connectivity index (χ1v) is 6.73. The van der Waals surface area contributed by atoms with Crippen LogP contribution in [0.25, 0.3) is 0 Å². The summed E-state index contributed by atoms with van der Waals surface area (Å²) in [6.07, 6.45) is 5.53. The SMILES string of the molecule is C=CC(=O)NCC1=[P+]([O-])C(CCCC)C1. The summed E-state index contributed by atoms with van der Waals surface area (Å²) < 4.78 is 0. The highest BCUT2D eigenvalue weighted by Crippen LogP contribution is 2.39. The predicted molar refractivity (Wildman–Crippen MR) is 63.1 cm³/mol. The number of hydrogen-bond acceptors (Lipinski definition) is 2. The van der Waals surface area contributed by atoms with Crippen molar-refractivity contribution in [2.45, 2.75) is 38.3 Å². The van der Waals surface area contributed by atoms with Gasteiger partial charge >= 0.3 is 0 Å². The van der Waals surface area contributed by atoms with Crippen LogP contribution in [0.15, 0.2) is 12.7 Å². The molecule has 0 fully saturated rings. The van der Waals surface area contributed by atoms with Crippen molar-refractivity contribution in [1.82, 2.24) is 5.32 Å². The van der Waals surface area contributed by atoms with Gasteiger partial charge in [0.25, 0.3) is 0 Å². The van der Waals surface area contributed by atoms with Crippen molar-refractivity contribution >= 4 is 19.0 Å². The van der Waals surface area contributed by atoms with E-state index in [9.17, 15) is 9.69 Å². The first-order valence-electron chi connectivity index (χ1n) is 5.40. The third kappa shape index (κ3) is 3.44. The van der Waals surface area contributed by atoms with Crippen molar-refractivity contribution in [3.8, 4) is 0 Å². The second-order valence-corrected chi connectivity index (χ2v) is 5.83. The van der Waals surface area contributed by atoms with Crippen LogP contribution in [0.1, 0.15) is 32.6 Å². The van der Waals surface area contributed by atoms with Crippen LogP contribution in [-0.2, 0) is 4.79 Å². The fraction of sp³-hybridized carbons (Fsp3) is 0.636. The highest BCUT2D eigenvalue weighted by atomic mass is 31.1. The number of carbonyl (C=O) groups is 1. The summed E-state index contributed by atoms with van der Waals surface area (Å²) in [6.45, 7) is 5.96. The maximum Gasteiger partial charge on any atom is 0.243 e. The summed E-state index contributed by atoms with van der Waals surface area (Å²) in [5.74, 6) is -0.192. The van der Waals surface area contributed by atoms with Crippen LogP contribution in [-0.4, -0.2) is 23.4 Å². The highest BCUT2D eigenvalue weighted by molar-refractivity contribution is 7.55. The number of hydrogen-bond donors (Lipinski definition) is 1. The van der Waals surface area contributed by atoms with Gasteiger partial charge in [0.1, 0.15) is 11.0 Å². The fourth-order valence-electron chi connectivity index (χ4n) is 1.66. The van der Waals surface area contributed by atoms with Gasteiger partial charge in [0.2, 0.25) is 5.91 Å². The quantitative estimate of drug-likeness (QED) is 0.547. The number of carbonyl (C=O) groups excluding carboxylic acids is 1. The Morgan fingerprint density at radius 3 is 3.07 bits per heavy atom. The molecule has 0 bridgehead atoms. The average molecular weight is 227 g/mol. The van der Waals surface area contributed by atoms with Gasteiger partial charge < -0.3 is 10.2 Å². The summed E-state index contributed by atoms with van der Waals surface area (Å²) in [5, 5.41) is 3.66. The van der Waals surface area contributed by atoms with Crippen molar-refractivity contribution in [1.29, 1.82) is 0 Å². The standard InChI is InChI=1S/C11H18NO2P/c1-3-5-6-9-7-10(15(9)14)8-12-11(13)4-2/h4,9H,2-3,5-8H2,1H3,(H,12,13). The molecule has 2 atom stereocenters. The Kier molecular flexibility index (Phi) is 5.00. The summed E-state index contributed by atoms with van der Waals surface area (Å²) in [6, 6.07) is 0. The van der Waals surface area contributed by atoms with Gasteiger partial charge in [-0.3, -0.25) is 4.79 Å². The molecule has 0 radical (unpaired) electrons. The average Bonchev–Trinajstić information content (AvgIpc) is 2.26. The maximum absolute atomic E-state index is 11.7. The smallest absolute Gasteiger partial charge is 0.243 e. The van der Waals surface area contributed by atoms with Gasteiger partial charge in [0.05, 0.1) is 20.7 Å². The normalized spacial score (nSPS) is 22.1. The van der Waals surface area contributed by atoms with E-state index in [2.05, 4.69) is 18.8 Å². The lowest BCUT2D eigenvalue weighted by Gasteiger charge is -2.25. The zero-order chi connectivity index (χ0) is 11.3. The molecule has 15 heavy (non-hydrogen) atoms. The number of amides is 1. The molecular weight excluding hydrogens is 209 g/mol. The zero-order valence-corrected chi connectivity index (χ0v) is 10.1. The van der Waals surface area contributed by atoms with E-state index in [0.717, 1.165) is 31.0 Å². The van der Waals surface area contributed by atoms with Gasteiger partial charge in [-0.2, -0.15) is 0 Å². The molecule has 1 aliphatic rings. The molecule has 1 aliphatic heterocycles. The summed E-state index contributed by atoms with van der Waals surface area (Å²) in [4.78, 5) is 22.6. The van der Waals surface area contributed by atoms with E-state index in [-0.39, 0.29) is 5.91 Å². The van der Waals surface area contributed by atoms with Gasteiger partial charge in [-0.1, -0.05) is 19.9 Å².